The summed E-state index contributed by atoms with van der Waals surface area (Å²) in [5.41, 5.74) is -0.328. The number of halogens is 1. The molecule has 1 amide bonds. The lowest BCUT2D eigenvalue weighted by Gasteiger charge is -2.05. The Morgan fingerprint density at radius 2 is 2.38 bits per heavy atom. The molecule has 16 heavy (non-hydrogen) atoms. The molecule has 0 spiro atoms. The van der Waals surface area contributed by atoms with E-state index in [1.807, 2.05) is 6.92 Å². The van der Waals surface area contributed by atoms with Crippen LogP contribution in [0, 0.1) is 0 Å². The van der Waals surface area contributed by atoms with Gasteiger partial charge in [0.25, 0.3) is 5.56 Å². The molecule has 5 nitrogen and oxygen atoms in total. The molecule has 0 fully saturated rings. The molecular weight excluding hydrogens is 230 g/mol. The fraction of sp³-hybridized carbons (Fsp3) is 0.500. The molecule has 6 heteroatoms. The fourth-order valence-electron chi connectivity index (χ4n) is 1.14. The van der Waals surface area contributed by atoms with Gasteiger partial charge in [0.05, 0.1) is 6.33 Å². The van der Waals surface area contributed by atoms with E-state index in [0.29, 0.717) is 6.54 Å². The number of aromatic nitrogens is 2. The Labute approximate surface area is 98.4 Å². The van der Waals surface area contributed by atoms with Crippen LogP contribution in [0.5, 0.6) is 0 Å². The molecular formula is C10H14ClN3O2. The van der Waals surface area contributed by atoms with Crippen molar-refractivity contribution in [2.75, 3.05) is 6.54 Å². The molecule has 0 bridgehead atoms. The Morgan fingerprint density at radius 1 is 1.62 bits per heavy atom. The van der Waals surface area contributed by atoms with Crippen LogP contribution < -0.4 is 10.9 Å². The highest BCUT2D eigenvalue weighted by atomic mass is 35.5. The molecule has 0 radical (unpaired) electrons. The Hall–Kier alpha value is -1.36. The lowest BCUT2D eigenvalue weighted by atomic mass is 10.3. The van der Waals surface area contributed by atoms with Crippen molar-refractivity contribution < 1.29 is 4.79 Å². The summed E-state index contributed by atoms with van der Waals surface area (Å²) in [7, 11) is 0. The van der Waals surface area contributed by atoms with Crippen molar-refractivity contribution in [2.45, 2.75) is 26.3 Å². The molecule has 88 valence electrons. The molecule has 0 aliphatic heterocycles. The highest BCUT2D eigenvalue weighted by molar-refractivity contribution is 6.29. The lowest BCUT2D eigenvalue weighted by molar-refractivity contribution is -0.121. The Balaban J connectivity index is 2.53. The van der Waals surface area contributed by atoms with Crippen molar-refractivity contribution >= 4 is 17.5 Å². The van der Waals surface area contributed by atoms with Gasteiger partial charge in [-0.25, -0.2) is 4.98 Å². The van der Waals surface area contributed by atoms with Gasteiger partial charge in [0.1, 0.15) is 11.7 Å². The third-order valence-electron chi connectivity index (χ3n) is 2.01. The van der Waals surface area contributed by atoms with Gasteiger partial charge < -0.3 is 5.32 Å². The standard InChI is InChI=1S/C10H14ClN3O2/c1-2-3-4-12-9(15)6-14-7-13-8(11)5-10(14)16/h5,7H,2-4,6H2,1H3,(H,12,15). The highest BCUT2D eigenvalue weighted by Gasteiger charge is 2.04. The van der Waals surface area contributed by atoms with E-state index in [-0.39, 0.29) is 23.2 Å². The lowest BCUT2D eigenvalue weighted by Crippen LogP contribution is -2.32. The van der Waals surface area contributed by atoms with Gasteiger partial charge in [-0.1, -0.05) is 24.9 Å². The molecule has 0 aliphatic carbocycles. The van der Waals surface area contributed by atoms with Crippen LogP contribution in [0.1, 0.15) is 19.8 Å². The predicted octanol–water partition coefficient (Wildman–Crippen LogP) is 0.813. The van der Waals surface area contributed by atoms with E-state index in [9.17, 15) is 9.59 Å². The number of rotatable bonds is 5. The summed E-state index contributed by atoms with van der Waals surface area (Å²) in [6.45, 7) is 2.65. The number of nitrogens with one attached hydrogen (secondary N) is 1. The molecule has 0 unspecified atom stereocenters. The van der Waals surface area contributed by atoms with E-state index in [1.165, 1.54) is 17.0 Å². The first-order valence-electron chi connectivity index (χ1n) is 5.12. The zero-order chi connectivity index (χ0) is 12.0. The number of unbranched alkanes of at least 4 members (excludes halogenated alkanes) is 1. The summed E-state index contributed by atoms with van der Waals surface area (Å²) in [5, 5.41) is 2.85. The zero-order valence-corrected chi connectivity index (χ0v) is 9.83. The van der Waals surface area contributed by atoms with E-state index in [2.05, 4.69) is 10.3 Å². The van der Waals surface area contributed by atoms with E-state index < -0.39 is 0 Å². The quantitative estimate of drug-likeness (QED) is 0.615. The van der Waals surface area contributed by atoms with Gasteiger partial charge in [-0.2, -0.15) is 0 Å². The van der Waals surface area contributed by atoms with Gasteiger partial charge in [-0.3, -0.25) is 14.2 Å². The molecule has 0 atom stereocenters. The number of carbonyl (C=O) groups is 1. The van der Waals surface area contributed by atoms with Crippen LogP contribution in [-0.4, -0.2) is 22.0 Å². The van der Waals surface area contributed by atoms with E-state index in [4.69, 9.17) is 11.6 Å². The van der Waals surface area contributed by atoms with Gasteiger partial charge >= 0.3 is 0 Å². The number of nitrogens with zero attached hydrogens (tertiary/aromatic N) is 2. The van der Waals surface area contributed by atoms with Crippen molar-refractivity contribution in [1.82, 2.24) is 14.9 Å². The van der Waals surface area contributed by atoms with Crippen LogP contribution in [0.15, 0.2) is 17.2 Å². The minimum Gasteiger partial charge on any atom is -0.355 e. The van der Waals surface area contributed by atoms with Crippen molar-refractivity contribution in [3.05, 3.63) is 27.9 Å². The first-order valence-corrected chi connectivity index (χ1v) is 5.50. The number of carbonyl (C=O) groups excluding carboxylic acids is 1. The largest absolute Gasteiger partial charge is 0.355 e. The van der Waals surface area contributed by atoms with Crippen LogP contribution >= 0.6 is 11.6 Å². The van der Waals surface area contributed by atoms with Crippen LogP contribution in [0.2, 0.25) is 5.15 Å². The summed E-state index contributed by atoms with van der Waals surface area (Å²) in [6.07, 6.45) is 3.21. The minimum absolute atomic E-state index is 0.0211. The predicted molar refractivity (Wildman–Crippen MR) is 61.4 cm³/mol. The van der Waals surface area contributed by atoms with Crippen molar-refractivity contribution in [2.24, 2.45) is 0 Å². The molecule has 1 rings (SSSR count). The van der Waals surface area contributed by atoms with E-state index >= 15 is 0 Å². The van der Waals surface area contributed by atoms with Gasteiger partial charge in [0.2, 0.25) is 5.91 Å². The number of hydrogen-bond donors (Lipinski definition) is 1. The molecule has 0 aliphatic rings. The summed E-state index contributed by atoms with van der Waals surface area (Å²) in [5.74, 6) is -0.195. The molecule has 1 heterocycles. The SMILES string of the molecule is CCCCNC(=O)Cn1cnc(Cl)cc1=O. The molecule has 0 saturated heterocycles. The summed E-state index contributed by atoms with van der Waals surface area (Å²) >= 11 is 5.53. The van der Waals surface area contributed by atoms with Crippen molar-refractivity contribution in [3.8, 4) is 0 Å². The summed E-state index contributed by atoms with van der Waals surface area (Å²) in [4.78, 5) is 26.5. The zero-order valence-electron chi connectivity index (χ0n) is 9.07. The smallest absolute Gasteiger partial charge is 0.255 e. The number of amides is 1. The first kappa shape index (κ1) is 12.7. The fourth-order valence-corrected chi connectivity index (χ4v) is 1.27. The average Bonchev–Trinajstić information content (AvgIpc) is 2.23. The minimum atomic E-state index is -0.328. The van der Waals surface area contributed by atoms with Gasteiger partial charge in [-0.15, -0.1) is 0 Å². The Morgan fingerprint density at radius 3 is 3.00 bits per heavy atom. The Kier molecular flexibility index (Phi) is 4.98. The van der Waals surface area contributed by atoms with Crippen LogP contribution in [0.4, 0.5) is 0 Å². The Bertz CT molecular complexity index is 417. The molecule has 1 aromatic heterocycles. The van der Waals surface area contributed by atoms with E-state index in [1.54, 1.807) is 0 Å². The van der Waals surface area contributed by atoms with Gasteiger partial charge in [0, 0.05) is 12.6 Å². The maximum absolute atomic E-state index is 11.4. The average molecular weight is 244 g/mol. The first-order chi connectivity index (χ1) is 7.63. The molecule has 1 aromatic rings. The highest BCUT2D eigenvalue weighted by Crippen LogP contribution is 1.96. The normalized spacial score (nSPS) is 10.1. The van der Waals surface area contributed by atoms with Gasteiger partial charge in [-0.05, 0) is 6.42 Å². The second kappa shape index (κ2) is 6.27. The topological polar surface area (TPSA) is 64.0 Å². The van der Waals surface area contributed by atoms with Crippen molar-refractivity contribution in [1.29, 1.82) is 0 Å². The second-order valence-corrected chi connectivity index (χ2v) is 3.77. The number of hydrogen-bond acceptors (Lipinski definition) is 3. The summed E-state index contributed by atoms with van der Waals surface area (Å²) in [6, 6.07) is 1.18. The monoisotopic (exact) mass is 243 g/mol. The van der Waals surface area contributed by atoms with Crippen molar-refractivity contribution in [3.63, 3.8) is 0 Å². The maximum Gasteiger partial charge on any atom is 0.255 e. The third kappa shape index (κ3) is 4.02. The van der Waals surface area contributed by atoms with Crippen LogP contribution in [0.25, 0.3) is 0 Å². The summed E-state index contributed by atoms with van der Waals surface area (Å²) < 4.78 is 1.22. The van der Waals surface area contributed by atoms with Gasteiger partial charge in [0.15, 0.2) is 0 Å². The van der Waals surface area contributed by atoms with E-state index in [0.717, 1.165) is 12.8 Å². The molecule has 1 N–H and O–H groups in total. The van der Waals surface area contributed by atoms with Crippen LogP contribution in [0.3, 0.4) is 0 Å². The second-order valence-electron chi connectivity index (χ2n) is 3.38. The molecule has 0 aromatic carbocycles. The third-order valence-corrected chi connectivity index (χ3v) is 2.22. The molecule has 0 saturated carbocycles. The van der Waals surface area contributed by atoms with Crippen LogP contribution in [-0.2, 0) is 11.3 Å². The maximum atomic E-state index is 11.4.